The summed E-state index contributed by atoms with van der Waals surface area (Å²) >= 11 is 0. The Morgan fingerprint density at radius 2 is 1.27 bits per heavy atom. The van der Waals surface area contributed by atoms with Gasteiger partial charge in [0.05, 0.1) is 18.5 Å². The Balaban J connectivity index is 2.62. The number of carbonyl (C=O) groups excluding carboxylic acids is 2. The predicted molar refractivity (Wildman–Crippen MR) is 97.1 cm³/mol. The van der Waals surface area contributed by atoms with Crippen LogP contribution < -0.4 is 5.30 Å². The molecule has 0 aliphatic heterocycles. The zero-order chi connectivity index (χ0) is 19.6. The van der Waals surface area contributed by atoms with Crippen LogP contribution in [0.4, 0.5) is 0 Å². The van der Waals surface area contributed by atoms with Crippen molar-refractivity contribution >= 4 is 24.8 Å². The number of hydrogen-bond donors (Lipinski definition) is 0. The summed E-state index contributed by atoms with van der Waals surface area (Å²) in [5, 5.41) is 0.345. The highest BCUT2D eigenvalue weighted by Crippen LogP contribution is 2.46. The lowest BCUT2D eigenvalue weighted by molar-refractivity contribution is -0.140. The fraction of sp³-hybridized carbons (Fsp3) is 0.333. The maximum atomic E-state index is 13.0. The molecule has 1 rings (SSSR count). The third-order valence-corrected chi connectivity index (χ3v) is 4.90. The van der Waals surface area contributed by atoms with Crippen LogP contribution in [-0.4, -0.2) is 38.4 Å². The van der Waals surface area contributed by atoms with Crippen LogP contribution in [0.25, 0.3) is 0 Å². The van der Waals surface area contributed by atoms with Gasteiger partial charge in [0.25, 0.3) is 0 Å². The van der Waals surface area contributed by atoms with Gasteiger partial charge in [0.1, 0.15) is 13.2 Å². The van der Waals surface area contributed by atoms with E-state index in [2.05, 4.69) is 13.2 Å². The molecule has 26 heavy (non-hydrogen) atoms. The van der Waals surface area contributed by atoms with E-state index in [0.717, 1.165) is 0 Å². The van der Waals surface area contributed by atoms with Crippen LogP contribution in [0.5, 0.6) is 0 Å². The first-order valence-corrected chi connectivity index (χ1v) is 9.40. The van der Waals surface area contributed by atoms with Crippen molar-refractivity contribution in [2.75, 3.05) is 26.4 Å². The van der Waals surface area contributed by atoms with Crippen molar-refractivity contribution in [3.8, 4) is 0 Å². The Hall–Kier alpha value is -2.21. The van der Waals surface area contributed by atoms with Crippen molar-refractivity contribution in [2.24, 2.45) is 0 Å². The molecular weight excluding hydrogens is 359 g/mol. The number of benzene rings is 1. The predicted octanol–water partition coefficient (Wildman–Crippen LogP) is 2.78. The molecule has 0 unspecified atom stereocenters. The van der Waals surface area contributed by atoms with Crippen molar-refractivity contribution in [1.29, 1.82) is 0 Å². The smallest absolute Gasteiger partial charge is 0.361 e. The third-order valence-electron chi connectivity index (χ3n) is 2.92. The minimum Gasteiger partial charge on any atom is -0.460 e. The van der Waals surface area contributed by atoms with Crippen LogP contribution >= 0.6 is 7.60 Å². The molecule has 0 N–H and O–H groups in total. The lowest BCUT2D eigenvalue weighted by atomic mass is 10.4. The SMILES string of the molecule is C=C(C)C(=O)OCCOP(=O)(OCCOC(=O)C(=C)C)c1ccccc1. The van der Waals surface area contributed by atoms with E-state index in [0.29, 0.717) is 5.30 Å². The Morgan fingerprint density at radius 3 is 1.65 bits per heavy atom. The van der Waals surface area contributed by atoms with Crippen molar-refractivity contribution in [3.63, 3.8) is 0 Å². The molecule has 142 valence electrons. The number of esters is 2. The molecule has 0 saturated heterocycles. The lowest BCUT2D eigenvalue weighted by Crippen LogP contribution is -2.17. The molecule has 0 radical (unpaired) electrons. The summed E-state index contributed by atoms with van der Waals surface area (Å²) in [6.07, 6.45) is 0. The van der Waals surface area contributed by atoms with E-state index in [9.17, 15) is 14.2 Å². The molecule has 1 aromatic carbocycles. The van der Waals surface area contributed by atoms with Crippen LogP contribution in [0, 0.1) is 0 Å². The number of hydrogen-bond acceptors (Lipinski definition) is 7. The molecule has 0 fully saturated rings. The lowest BCUT2D eigenvalue weighted by Gasteiger charge is -2.19. The van der Waals surface area contributed by atoms with Crippen LogP contribution in [0.15, 0.2) is 54.6 Å². The molecule has 0 aliphatic rings. The van der Waals surface area contributed by atoms with Gasteiger partial charge in [-0.1, -0.05) is 31.4 Å². The summed E-state index contributed by atoms with van der Waals surface area (Å²) in [4.78, 5) is 22.7. The molecule has 0 spiro atoms. The molecule has 1 aromatic rings. The van der Waals surface area contributed by atoms with Gasteiger partial charge in [0.2, 0.25) is 0 Å². The summed E-state index contributed by atoms with van der Waals surface area (Å²) in [6, 6.07) is 8.34. The van der Waals surface area contributed by atoms with Crippen molar-refractivity contribution < 1.29 is 32.7 Å². The minimum absolute atomic E-state index is 0.101. The number of carbonyl (C=O) groups is 2. The monoisotopic (exact) mass is 382 g/mol. The average molecular weight is 382 g/mol. The Kier molecular flexibility index (Phi) is 8.99. The summed E-state index contributed by atoms with van der Waals surface area (Å²) in [5.41, 5.74) is 0.513. The van der Waals surface area contributed by atoms with E-state index in [4.69, 9.17) is 18.5 Å². The number of rotatable bonds is 11. The fourth-order valence-corrected chi connectivity index (χ4v) is 3.17. The summed E-state index contributed by atoms with van der Waals surface area (Å²) in [7, 11) is -3.67. The molecule has 0 bridgehead atoms. The minimum atomic E-state index is -3.67. The first-order valence-electron chi connectivity index (χ1n) is 7.86. The average Bonchev–Trinajstić information content (AvgIpc) is 2.62. The first-order chi connectivity index (χ1) is 12.3. The summed E-state index contributed by atoms with van der Waals surface area (Å²) in [5.74, 6) is -1.12. The van der Waals surface area contributed by atoms with Crippen LogP contribution in [0.1, 0.15) is 13.8 Å². The number of ether oxygens (including phenoxy) is 2. The van der Waals surface area contributed by atoms with E-state index in [-0.39, 0.29) is 37.6 Å². The third kappa shape index (κ3) is 7.35. The van der Waals surface area contributed by atoms with E-state index < -0.39 is 19.5 Å². The van der Waals surface area contributed by atoms with Gasteiger partial charge >= 0.3 is 19.5 Å². The van der Waals surface area contributed by atoms with Gasteiger partial charge in [-0.2, -0.15) is 0 Å². The quantitative estimate of drug-likeness (QED) is 0.252. The van der Waals surface area contributed by atoms with Gasteiger partial charge in [-0.3, -0.25) is 4.57 Å². The van der Waals surface area contributed by atoms with Crippen LogP contribution in [-0.2, 0) is 32.7 Å². The van der Waals surface area contributed by atoms with E-state index >= 15 is 0 Å². The van der Waals surface area contributed by atoms with Gasteiger partial charge < -0.3 is 18.5 Å². The second kappa shape index (κ2) is 10.7. The van der Waals surface area contributed by atoms with E-state index in [1.54, 1.807) is 30.3 Å². The van der Waals surface area contributed by atoms with Crippen LogP contribution in [0.3, 0.4) is 0 Å². The molecule has 0 heterocycles. The molecule has 0 saturated carbocycles. The first kappa shape index (κ1) is 21.8. The molecule has 0 aliphatic carbocycles. The van der Waals surface area contributed by atoms with Gasteiger partial charge in [-0.05, 0) is 26.0 Å². The molecule has 7 nitrogen and oxygen atoms in total. The summed E-state index contributed by atoms with van der Waals surface area (Å²) < 4.78 is 33.5. The topological polar surface area (TPSA) is 88.1 Å². The Bertz CT molecular complexity index is 659. The largest absolute Gasteiger partial charge is 0.460 e. The van der Waals surface area contributed by atoms with Gasteiger partial charge in [0.15, 0.2) is 0 Å². The highest BCUT2D eigenvalue weighted by Gasteiger charge is 2.27. The van der Waals surface area contributed by atoms with E-state index in [1.165, 1.54) is 13.8 Å². The van der Waals surface area contributed by atoms with Crippen molar-refractivity contribution in [2.45, 2.75) is 13.8 Å². The Morgan fingerprint density at radius 1 is 0.846 bits per heavy atom. The molecule has 0 atom stereocenters. The van der Waals surface area contributed by atoms with Crippen molar-refractivity contribution in [1.82, 2.24) is 0 Å². The zero-order valence-corrected chi connectivity index (χ0v) is 15.8. The maximum absolute atomic E-state index is 13.0. The molecular formula is C18H23O7P. The van der Waals surface area contributed by atoms with Gasteiger partial charge in [-0.25, -0.2) is 9.59 Å². The normalized spacial score (nSPS) is 10.8. The maximum Gasteiger partial charge on any atom is 0.361 e. The fourth-order valence-electron chi connectivity index (χ4n) is 1.63. The Labute approximate surface area is 153 Å². The molecule has 0 aromatic heterocycles. The second-order valence-corrected chi connectivity index (χ2v) is 7.36. The molecule has 8 heteroatoms. The summed E-state index contributed by atoms with van der Waals surface area (Å²) in [6.45, 7) is 9.51. The molecule has 0 amide bonds. The van der Waals surface area contributed by atoms with Gasteiger partial charge in [0, 0.05) is 11.1 Å². The van der Waals surface area contributed by atoms with Gasteiger partial charge in [-0.15, -0.1) is 0 Å². The van der Waals surface area contributed by atoms with Crippen LogP contribution in [0.2, 0.25) is 0 Å². The second-order valence-electron chi connectivity index (χ2n) is 5.33. The van der Waals surface area contributed by atoms with E-state index in [1.807, 2.05) is 0 Å². The standard InChI is InChI=1S/C18H23O7P/c1-14(2)17(19)22-10-12-24-26(21,16-8-6-5-7-9-16)25-13-11-23-18(20)15(3)4/h5-9H,1,3,10-13H2,2,4H3. The highest BCUT2D eigenvalue weighted by molar-refractivity contribution is 7.62. The highest BCUT2D eigenvalue weighted by atomic mass is 31.2. The van der Waals surface area contributed by atoms with Crippen molar-refractivity contribution in [3.05, 3.63) is 54.6 Å². The zero-order valence-electron chi connectivity index (χ0n) is 14.9.